The van der Waals surface area contributed by atoms with Gasteiger partial charge in [0.1, 0.15) is 11.9 Å². The highest BCUT2D eigenvalue weighted by Gasteiger charge is 2.25. The number of rotatable bonds is 9. The molecule has 6 nitrogen and oxygen atoms in total. The number of aryl methyl sites for hydroxylation is 2. The lowest BCUT2D eigenvalue weighted by molar-refractivity contribution is -0.124. The van der Waals surface area contributed by atoms with Crippen LogP contribution in [0.15, 0.2) is 42.7 Å². The van der Waals surface area contributed by atoms with Crippen LogP contribution in [0, 0.1) is 12.8 Å². The number of carbonyl (C=O) groups excluding carboxylic acids is 2. The van der Waals surface area contributed by atoms with Crippen molar-refractivity contribution in [3.8, 4) is 0 Å². The van der Waals surface area contributed by atoms with E-state index in [0.29, 0.717) is 12.1 Å². The topological polar surface area (TPSA) is 76.0 Å². The molecule has 26 heavy (non-hydrogen) atoms. The summed E-state index contributed by atoms with van der Waals surface area (Å²) in [6.07, 6.45) is 5.31. The van der Waals surface area contributed by atoms with Gasteiger partial charge in [0.15, 0.2) is 0 Å². The molecule has 0 saturated carbocycles. The first kappa shape index (κ1) is 19.7. The summed E-state index contributed by atoms with van der Waals surface area (Å²) in [5.41, 5.74) is 0.559. The summed E-state index contributed by atoms with van der Waals surface area (Å²) in [7, 11) is 0. The fourth-order valence-corrected chi connectivity index (χ4v) is 2.73. The molecule has 0 aliphatic rings. The summed E-state index contributed by atoms with van der Waals surface area (Å²) in [6, 6.07) is 8.43. The fraction of sp³-hybridized carbons (Fsp3) is 0.450. The Morgan fingerprint density at radius 2 is 1.96 bits per heavy atom. The van der Waals surface area contributed by atoms with Gasteiger partial charge in [-0.05, 0) is 31.4 Å². The molecular formula is C20H28N4O2. The summed E-state index contributed by atoms with van der Waals surface area (Å²) < 4.78 is 2.05. The summed E-state index contributed by atoms with van der Waals surface area (Å²) in [5, 5.41) is 5.83. The van der Waals surface area contributed by atoms with Crippen LogP contribution in [-0.2, 0) is 11.3 Å². The molecule has 2 atom stereocenters. The molecule has 140 valence electrons. The van der Waals surface area contributed by atoms with Crippen molar-refractivity contribution in [1.82, 2.24) is 20.2 Å². The Morgan fingerprint density at radius 1 is 1.23 bits per heavy atom. The highest BCUT2D eigenvalue weighted by atomic mass is 16.2. The van der Waals surface area contributed by atoms with Crippen molar-refractivity contribution in [2.45, 2.75) is 46.2 Å². The first-order valence-corrected chi connectivity index (χ1v) is 9.14. The first-order chi connectivity index (χ1) is 12.5. The molecule has 1 aromatic carbocycles. The fourth-order valence-electron chi connectivity index (χ4n) is 2.73. The van der Waals surface area contributed by atoms with Gasteiger partial charge < -0.3 is 15.2 Å². The standard InChI is InChI=1S/C20H28N4O2/c1-4-15(2)18(23-19(25)17-9-6-5-7-10-17)20(26)22-11-8-13-24-14-12-21-16(24)3/h5-7,9-10,12,14-15,18H,4,8,11,13H2,1-3H3,(H,22,26)(H,23,25). The molecule has 6 heteroatoms. The number of imidazole rings is 1. The monoisotopic (exact) mass is 356 g/mol. The van der Waals surface area contributed by atoms with Crippen molar-refractivity contribution in [1.29, 1.82) is 0 Å². The minimum Gasteiger partial charge on any atom is -0.354 e. The van der Waals surface area contributed by atoms with E-state index in [0.717, 1.165) is 25.2 Å². The molecule has 0 saturated heterocycles. The van der Waals surface area contributed by atoms with E-state index in [2.05, 4.69) is 20.2 Å². The van der Waals surface area contributed by atoms with Crippen LogP contribution in [0.4, 0.5) is 0 Å². The maximum absolute atomic E-state index is 12.6. The molecule has 2 rings (SSSR count). The normalized spacial score (nSPS) is 13.0. The van der Waals surface area contributed by atoms with E-state index < -0.39 is 6.04 Å². The van der Waals surface area contributed by atoms with Gasteiger partial charge in [-0.25, -0.2) is 4.98 Å². The van der Waals surface area contributed by atoms with Gasteiger partial charge >= 0.3 is 0 Å². The Kier molecular flexibility index (Phi) is 7.38. The lowest BCUT2D eigenvalue weighted by atomic mass is 9.98. The van der Waals surface area contributed by atoms with E-state index in [4.69, 9.17) is 0 Å². The molecular weight excluding hydrogens is 328 g/mol. The zero-order valence-electron chi connectivity index (χ0n) is 15.7. The van der Waals surface area contributed by atoms with E-state index in [9.17, 15) is 9.59 Å². The molecule has 2 amide bonds. The molecule has 0 bridgehead atoms. The minimum absolute atomic E-state index is 0.0542. The lowest BCUT2D eigenvalue weighted by Gasteiger charge is -2.23. The third-order valence-corrected chi connectivity index (χ3v) is 4.62. The minimum atomic E-state index is -0.539. The van der Waals surface area contributed by atoms with E-state index in [1.807, 2.05) is 45.2 Å². The maximum atomic E-state index is 12.6. The molecule has 0 radical (unpaired) electrons. The number of hydrogen-bond acceptors (Lipinski definition) is 3. The van der Waals surface area contributed by atoms with Crippen LogP contribution < -0.4 is 10.6 Å². The second-order valence-electron chi connectivity index (χ2n) is 6.52. The average Bonchev–Trinajstić information content (AvgIpc) is 3.07. The van der Waals surface area contributed by atoms with Gasteiger partial charge in [0.05, 0.1) is 0 Å². The third kappa shape index (κ3) is 5.44. The Morgan fingerprint density at radius 3 is 2.58 bits per heavy atom. The van der Waals surface area contributed by atoms with Crippen LogP contribution in [0.25, 0.3) is 0 Å². The Bertz CT molecular complexity index is 712. The number of amides is 2. The lowest BCUT2D eigenvalue weighted by Crippen LogP contribution is -2.50. The van der Waals surface area contributed by atoms with Gasteiger partial charge in [-0.15, -0.1) is 0 Å². The Labute approximate surface area is 155 Å². The zero-order chi connectivity index (χ0) is 18.9. The number of carbonyl (C=O) groups is 2. The molecule has 0 fully saturated rings. The number of nitrogens with zero attached hydrogens (tertiary/aromatic N) is 2. The molecule has 1 heterocycles. The van der Waals surface area contributed by atoms with Crippen LogP contribution in [0.5, 0.6) is 0 Å². The van der Waals surface area contributed by atoms with Crippen molar-refractivity contribution < 1.29 is 9.59 Å². The quantitative estimate of drug-likeness (QED) is 0.678. The summed E-state index contributed by atoms with van der Waals surface area (Å²) in [4.78, 5) is 29.2. The van der Waals surface area contributed by atoms with Crippen molar-refractivity contribution in [3.63, 3.8) is 0 Å². The van der Waals surface area contributed by atoms with Crippen LogP contribution in [0.3, 0.4) is 0 Å². The Hall–Kier alpha value is -2.63. The Balaban J connectivity index is 1.88. The van der Waals surface area contributed by atoms with Crippen LogP contribution >= 0.6 is 0 Å². The van der Waals surface area contributed by atoms with Crippen LogP contribution in [-0.4, -0.2) is 34.0 Å². The van der Waals surface area contributed by atoms with Crippen LogP contribution in [0.1, 0.15) is 42.9 Å². The molecule has 2 aromatic rings. The van der Waals surface area contributed by atoms with Gasteiger partial charge in [0.25, 0.3) is 5.91 Å². The second-order valence-corrected chi connectivity index (χ2v) is 6.52. The highest BCUT2D eigenvalue weighted by molar-refractivity contribution is 5.97. The van der Waals surface area contributed by atoms with E-state index >= 15 is 0 Å². The number of nitrogens with one attached hydrogen (secondary N) is 2. The van der Waals surface area contributed by atoms with E-state index in [1.165, 1.54) is 0 Å². The predicted octanol–water partition coefficient (Wildman–Crippen LogP) is 2.54. The summed E-state index contributed by atoms with van der Waals surface area (Å²) in [5.74, 6) is 0.661. The molecule has 2 N–H and O–H groups in total. The first-order valence-electron chi connectivity index (χ1n) is 9.14. The average molecular weight is 356 g/mol. The van der Waals surface area contributed by atoms with Crippen molar-refractivity contribution in [2.24, 2.45) is 5.92 Å². The van der Waals surface area contributed by atoms with Gasteiger partial charge in [-0.3, -0.25) is 9.59 Å². The van der Waals surface area contributed by atoms with Gasteiger partial charge in [-0.1, -0.05) is 38.5 Å². The number of benzene rings is 1. The molecule has 0 spiro atoms. The molecule has 2 unspecified atom stereocenters. The molecule has 1 aromatic heterocycles. The highest BCUT2D eigenvalue weighted by Crippen LogP contribution is 2.10. The largest absolute Gasteiger partial charge is 0.354 e. The second kappa shape index (κ2) is 9.75. The summed E-state index contributed by atoms with van der Waals surface area (Å²) in [6.45, 7) is 7.31. The van der Waals surface area contributed by atoms with Crippen LogP contribution in [0.2, 0.25) is 0 Å². The van der Waals surface area contributed by atoms with Crippen molar-refractivity contribution in [2.75, 3.05) is 6.54 Å². The van der Waals surface area contributed by atoms with E-state index in [1.54, 1.807) is 18.3 Å². The van der Waals surface area contributed by atoms with Gasteiger partial charge in [0, 0.05) is 31.0 Å². The SMILES string of the molecule is CCC(C)C(NC(=O)c1ccccc1)C(=O)NCCCn1ccnc1C. The third-order valence-electron chi connectivity index (χ3n) is 4.62. The summed E-state index contributed by atoms with van der Waals surface area (Å²) >= 11 is 0. The maximum Gasteiger partial charge on any atom is 0.251 e. The molecule has 0 aliphatic carbocycles. The smallest absolute Gasteiger partial charge is 0.251 e. The van der Waals surface area contributed by atoms with Crippen molar-refractivity contribution >= 4 is 11.8 Å². The predicted molar refractivity (Wildman–Crippen MR) is 102 cm³/mol. The van der Waals surface area contributed by atoms with Gasteiger partial charge in [0.2, 0.25) is 5.91 Å². The van der Waals surface area contributed by atoms with Crippen molar-refractivity contribution in [3.05, 3.63) is 54.1 Å². The van der Waals surface area contributed by atoms with Gasteiger partial charge in [-0.2, -0.15) is 0 Å². The zero-order valence-corrected chi connectivity index (χ0v) is 15.7. The number of hydrogen-bond donors (Lipinski definition) is 2. The number of aromatic nitrogens is 2. The van der Waals surface area contributed by atoms with E-state index in [-0.39, 0.29) is 17.7 Å². The molecule has 0 aliphatic heterocycles.